The topological polar surface area (TPSA) is 92.0 Å². The molecule has 1 aromatic carbocycles. The van der Waals surface area contributed by atoms with E-state index in [1.54, 1.807) is 18.5 Å². The average Bonchev–Trinajstić information content (AvgIpc) is 3.37. The first-order valence-corrected chi connectivity index (χ1v) is 9.70. The molecule has 0 amide bonds. The predicted octanol–water partition coefficient (Wildman–Crippen LogP) is 2.15. The number of aromatic hydroxyl groups is 1. The van der Waals surface area contributed by atoms with Crippen molar-refractivity contribution in [1.29, 1.82) is 0 Å². The molecule has 2 aliphatic heterocycles. The maximum Gasteiger partial charge on any atom is 0.151 e. The fraction of sp³-hybridized carbons (Fsp3) is 0.400. The molecule has 28 heavy (non-hydrogen) atoms. The molecular formula is C20H23N7O. The van der Waals surface area contributed by atoms with Gasteiger partial charge in [0.15, 0.2) is 5.82 Å². The summed E-state index contributed by atoms with van der Waals surface area (Å²) < 4.78 is 0. The summed E-state index contributed by atoms with van der Waals surface area (Å²) in [6.45, 7) is 0. The summed E-state index contributed by atoms with van der Waals surface area (Å²) in [7, 11) is 2.10. The van der Waals surface area contributed by atoms with Gasteiger partial charge in [-0.2, -0.15) is 15.0 Å². The van der Waals surface area contributed by atoms with Crippen LogP contribution in [0.25, 0.3) is 16.9 Å². The number of rotatable bonds is 4. The monoisotopic (exact) mass is 377 g/mol. The Morgan fingerprint density at radius 1 is 1.04 bits per heavy atom. The lowest BCUT2D eigenvalue weighted by atomic mass is 9.98. The van der Waals surface area contributed by atoms with Crippen LogP contribution >= 0.6 is 0 Å². The van der Waals surface area contributed by atoms with E-state index < -0.39 is 0 Å². The lowest BCUT2D eigenvalue weighted by Crippen LogP contribution is -2.47. The van der Waals surface area contributed by atoms with E-state index in [0.29, 0.717) is 35.1 Å². The predicted molar refractivity (Wildman–Crippen MR) is 105 cm³/mol. The first kappa shape index (κ1) is 17.1. The van der Waals surface area contributed by atoms with Crippen LogP contribution in [0.5, 0.6) is 5.75 Å². The first-order valence-electron chi connectivity index (χ1n) is 9.70. The van der Waals surface area contributed by atoms with E-state index in [0.717, 1.165) is 18.7 Å². The van der Waals surface area contributed by atoms with Crippen molar-refractivity contribution < 1.29 is 5.11 Å². The van der Waals surface area contributed by atoms with Crippen molar-refractivity contribution in [3.05, 3.63) is 42.7 Å². The van der Waals surface area contributed by atoms with Crippen molar-refractivity contribution in [2.75, 3.05) is 11.9 Å². The van der Waals surface area contributed by atoms with Crippen molar-refractivity contribution in [3.63, 3.8) is 0 Å². The number of nitrogens with one attached hydrogen (secondary N) is 1. The van der Waals surface area contributed by atoms with Gasteiger partial charge in [0.25, 0.3) is 0 Å². The number of piperidine rings is 1. The summed E-state index contributed by atoms with van der Waals surface area (Å²) in [4.78, 5) is 3.70. The minimum atomic E-state index is 0.125. The molecule has 2 bridgehead atoms. The van der Waals surface area contributed by atoms with Crippen LogP contribution in [-0.4, -0.2) is 55.5 Å². The molecule has 0 aliphatic carbocycles. The van der Waals surface area contributed by atoms with E-state index >= 15 is 0 Å². The van der Waals surface area contributed by atoms with E-state index in [1.807, 2.05) is 24.3 Å². The van der Waals surface area contributed by atoms with Crippen molar-refractivity contribution in [2.45, 2.75) is 43.8 Å². The van der Waals surface area contributed by atoms with Crippen LogP contribution in [0.2, 0.25) is 0 Å². The number of anilines is 1. The Morgan fingerprint density at radius 3 is 2.43 bits per heavy atom. The van der Waals surface area contributed by atoms with Gasteiger partial charge >= 0.3 is 0 Å². The number of hydrogen-bond donors (Lipinski definition) is 2. The largest absolute Gasteiger partial charge is 0.507 e. The van der Waals surface area contributed by atoms with Gasteiger partial charge in [-0.1, -0.05) is 0 Å². The fourth-order valence-electron chi connectivity index (χ4n) is 4.40. The van der Waals surface area contributed by atoms with Gasteiger partial charge in [-0.15, -0.1) is 10.2 Å². The average molecular weight is 377 g/mol. The van der Waals surface area contributed by atoms with Crippen LogP contribution in [0.15, 0.2) is 42.7 Å². The van der Waals surface area contributed by atoms with E-state index in [1.165, 1.54) is 17.6 Å². The molecule has 0 spiro atoms. The quantitative estimate of drug-likeness (QED) is 0.720. The molecule has 2 aromatic heterocycles. The van der Waals surface area contributed by atoms with Gasteiger partial charge in [0.2, 0.25) is 0 Å². The maximum absolute atomic E-state index is 10.4. The summed E-state index contributed by atoms with van der Waals surface area (Å²) in [5, 5.41) is 31.1. The molecule has 3 aromatic rings. The number of fused-ring (bicyclic) bond motifs is 2. The first-order chi connectivity index (χ1) is 13.7. The Labute approximate surface area is 163 Å². The van der Waals surface area contributed by atoms with E-state index in [2.05, 4.69) is 37.7 Å². The highest BCUT2D eigenvalue weighted by Crippen LogP contribution is 2.32. The number of hydrogen-bond acceptors (Lipinski definition) is 7. The number of benzene rings is 1. The molecule has 2 atom stereocenters. The third kappa shape index (κ3) is 3.09. The second kappa shape index (κ2) is 6.87. The van der Waals surface area contributed by atoms with Crippen molar-refractivity contribution >= 4 is 5.82 Å². The van der Waals surface area contributed by atoms with Crippen LogP contribution in [0.3, 0.4) is 0 Å². The van der Waals surface area contributed by atoms with Crippen molar-refractivity contribution in [3.8, 4) is 22.7 Å². The Morgan fingerprint density at radius 2 is 1.79 bits per heavy atom. The Kier molecular flexibility index (Phi) is 4.20. The third-order valence-corrected chi connectivity index (χ3v) is 5.91. The van der Waals surface area contributed by atoms with Gasteiger partial charge in [-0.25, -0.2) is 0 Å². The second-order valence-electron chi connectivity index (χ2n) is 7.67. The van der Waals surface area contributed by atoms with Gasteiger partial charge in [-0.05, 0) is 49.9 Å². The van der Waals surface area contributed by atoms with Crippen molar-refractivity contribution in [1.82, 2.24) is 30.5 Å². The van der Waals surface area contributed by atoms with E-state index in [4.69, 9.17) is 0 Å². The zero-order valence-corrected chi connectivity index (χ0v) is 15.7. The minimum absolute atomic E-state index is 0.125. The molecule has 8 heteroatoms. The Bertz CT molecular complexity index is 945. The molecule has 144 valence electrons. The Hall–Kier alpha value is -3.00. The maximum atomic E-state index is 10.4. The molecular weight excluding hydrogens is 354 g/mol. The number of phenols is 1. The smallest absolute Gasteiger partial charge is 0.151 e. The minimum Gasteiger partial charge on any atom is -0.507 e. The third-order valence-electron chi connectivity index (χ3n) is 5.91. The summed E-state index contributed by atoms with van der Waals surface area (Å²) in [6, 6.07) is 10.9. The molecule has 2 aliphatic rings. The standard InChI is InChI=1S/C20H23N7O/c1-26(16-10-13-2-3-14(11-16)23-13)20-7-6-18(24-25-20)17-5-4-15(12-19(17)28)27-21-8-9-22-27/h4-9,12-14,16,23,28H,2-3,10-11H2,1H3. The molecule has 5 rings (SSSR count). The second-order valence-corrected chi connectivity index (χ2v) is 7.67. The highest BCUT2D eigenvalue weighted by atomic mass is 16.3. The van der Waals surface area contributed by atoms with Gasteiger partial charge in [0, 0.05) is 36.8 Å². The van der Waals surface area contributed by atoms with Crippen LogP contribution in [0.4, 0.5) is 5.82 Å². The molecule has 8 nitrogen and oxygen atoms in total. The number of aromatic nitrogens is 5. The molecule has 2 saturated heterocycles. The van der Waals surface area contributed by atoms with Crippen LogP contribution < -0.4 is 10.2 Å². The summed E-state index contributed by atoms with van der Waals surface area (Å²) in [6.07, 6.45) is 8.06. The van der Waals surface area contributed by atoms with Gasteiger partial charge < -0.3 is 15.3 Å². The highest BCUT2D eigenvalue weighted by molar-refractivity contribution is 5.68. The van der Waals surface area contributed by atoms with E-state index in [-0.39, 0.29) is 5.75 Å². The normalized spacial score (nSPS) is 23.7. The zero-order valence-electron chi connectivity index (χ0n) is 15.7. The molecule has 0 saturated carbocycles. The summed E-state index contributed by atoms with van der Waals surface area (Å²) in [5.41, 5.74) is 1.97. The van der Waals surface area contributed by atoms with Gasteiger partial charge in [0.1, 0.15) is 5.75 Å². The zero-order chi connectivity index (χ0) is 19.1. The SMILES string of the molecule is CN(c1ccc(-c2ccc(-n3nccn3)cc2O)nn1)C1CC2CCC(C1)N2. The summed E-state index contributed by atoms with van der Waals surface area (Å²) in [5.74, 6) is 0.993. The van der Waals surface area contributed by atoms with E-state index in [9.17, 15) is 5.11 Å². The Balaban J connectivity index is 1.35. The number of nitrogens with zero attached hydrogens (tertiary/aromatic N) is 6. The van der Waals surface area contributed by atoms with Crippen LogP contribution in [0, 0.1) is 0 Å². The fourth-order valence-corrected chi connectivity index (χ4v) is 4.40. The van der Waals surface area contributed by atoms with Crippen LogP contribution in [-0.2, 0) is 0 Å². The lowest BCUT2D eigenvalue weighted by Gasteiger charge is -2.36. The van der Waals surface area contributed by atoms with Gasteiger partial charge in [0.05, 0.1) is 23.8 Å². The molecule has 2 unspecified atom stereocenters. The molecule has 2 N–H and O–H groups in total. The lowest BCUT2D eigenvalue weighted by molar-refractivity contribution is 0.353. The van der Waals surface area contributed by atoms with Crippen LogP contribution in [0.1, 0.15) is 25.7 Å². The van der Waals surface area contributed by atoms with Gasteiger partial charge in [-0.3, -0.25) is 0 Å². The molecule has 4 heterocycles. The molecule has 2 fully saturated rings. The molecule has 0 radical (unpaired) electrons. The number of phenolic OH excluding ortho intramolecular Hbond substituents is 1. The summed E-state index contributed by atoms with van der Waals surface area (Å²) >= 11 is 0. The highest BCUT2D eigenvalue weighted by Gasteiger charge is 2.35. The van der Waals surface area contributed by atoms with Crippen molar-refractivity contribution in [2.24, 2.45) is 0 Å².